The molecule has 1 amide bonds. The van der Waals surface area contributed by atoms with Crippen LogP contribution in [0.25, 0.3) is 0 Å². The van der Waals surface area contributed by atoms with Crippen molar-refractivity contribution in [3.05, 3.63) is 54.6 Å². The normalized spacial score (nSPS) is 27.2. The van der Waals surface area contributed by atoms with Crippen molar-refractivity contribution in [2.24, 2.45) is 16.6 Å². The van der Waals surface area contributed by atoms with Gasteiger partial charge in [-0.15, -0.1) is 0 Å². The SMILES string of the molecule is NC(/C=C\[NH2+]c1ccccc1F)=NCC1CCC2(CC1)CN(c1ccn(C3CCCCO3)n1)C(=O)O2. The number of rotatable bonds is 7. The van der Waals surface area contributed by atoms with Gasteiger partial charge in [0.15, 0.2) is 17.3 Å². The molecule has 5 rings (SSSR count). The van der Waals surface area contributed by atoms with E-state index in [1.165, 1.54) is 6.07 Å². The first-order valence-electron chi connectivity index (χ1n) is 12.7. The predicted octanol–water partition coefficient (Wildman–Crippen LogP) is 3.37. The Morgan fingerprint density at radius 3 is 2.86 bits per heavy atom. The van der Waals surface area contributed by atoms with E-state index in [-0.39, 0.29) is 18.1 Å². The molecule has 0 radical (unpaired) electrons. The predicted molar refractivity (Wildman–Crippen MR) is 133 cm³/mol. The zero-order valence-electron chi connectivity index (χ0n) is 20.4. The fourth-order valence-electron chi connectivity index (χ4n) is 5.16. The van der Waals surface area contributed by atoms with Crippen LogP contribution in [0.15, 0.2) is 53.8 Å². The molecule has 3 aliphatic rings. The molecule has 4 N–H and O–H groups in total. The highest BCUT2D eigenvalue weighted by Crippen LogP contribution is 2.40. The number of hydrogen-bond donors (Lipinski definition) is 2. The van der Waals surface area contributed by atoms with Crippen LogP contribution in [-0.2, 0) is 9.47 Å². The summed E-state index contributed by atoms with van der Waals surface area (Å²) in [5.41, 5.74) is 6.06. The number of nitrogens with two attached hydrogens (primary N) is 2. The average molecular weight is 498 g/mol. The molecule has 10 heteroatoms. The van der Waals surface area contributed by atoms with Crippen molar-refractivity contribution in [3.8, 4) is 0 Å². The van der Waals surface area contributed by atoms with E-state index in [0.29, 0.717) is 36.3 Å². The van der Waals surface area contributed by atoms with Crippen molar-refractivity contribution in [1.29, 1.82) is 0 Å². The van der Waals surface area contributed by atoms with Gasteiger partial charge in [-0.1, -0.05) is 12.1 Å². The fourth-order valence-corrected chi connectivity index (χ4v) is 5.16. The molecule has 1 aromatic carbocycles. The molecule has 1 saturated carbocycles. The van der Waals surface area contributed by atoms with Gasteiger partial charge in [0.1, 0.15) is 23.9 Å². The minimum atomic E-state index is -0.470. The summed E-state index contributed by atoms with van der Waals surface area (Å²) in [7, 11) is 0. The number of para-hydroxylation sites is 1. The van der Waals surface area contributed by atoms with Gasteiger partial charge in [-0.3, -0.25) is 15.2 Å². The van der Waals surface area contributed by atoms with Crippen molar-refractivity contribution in [3.63, 3.8) is 0 Å². The zero-order valence-corrected chi connectivity index (χ0v) is 20.4. The molecule has 1 aromatic heterocycles. The molecule has 9 nitrogen and oxygen atoms in total. The standard InChI is InChI=1S/C26H33FN6O3/c27-20-5-1-2-6-21(20)29-14-10-22(28)30-17-19-8-12-26(13-9-19)18-32(25(34)36-26)23-11-15-33(31-23)24-7-3-4-16-35-24/h1-2,5-6,10-11,14-15,19,24,29H,3-4,7-9,12-13,16-18H2,(H2,28,30)/p+1/b14-10-. The number of aromatic nitrogens is 2. The van der Waals surface area contributed by atoms with Crippen molar-refractivity contribution < 1.29 is 24.0 Å². The summed E-state index contributed by atoms with van der Waals surface area (Å²) >= 11 is 0. The largest absolute Gasteiger partial charge is 0.441 e. The van der Waals surface area contributed by atoms with Gasteiger partial charge in [-0.2, -0.15) is 5.10 Å². The number of carbonyl (C=O) groups excluding carboxylic acids is 1. The molecule has 0 bridgehead atoms. The second-order valence-electron chi connectivity index (χ2n) is 9.87. The van der Waals surface area contributed by atoms with Gasteiger partial charge in [0, 0.05) is 37.6 Å². The third-order valence-electron chi connectivity index (χ3n) is 7.29. The number of quaternary nitrogens is 1. The minimum absolute atomic E-state index is 0.0595. The molecular formula is C26H34FN6O3+. The van der Waals surface area contributed by atoms with E-state index < -0.39 is 5.60 Å². The number of halogens is 1. The topological polar surface area (TPSA) is 112 Å². The molecule has 1 atom stereocenters. The van der Waals surface area contributed by atoms with Gasteiger partial charge in [0.2, 0.25) is 0 Å². The molecule has 2 aliphatic heterocycles. The summed E-state index contributed by atoms with van der Waals surface area (Å²) in [5.74, 6) is 1.14. The van der Waals surface area contributed by atoms with E-state index >= 15 is 0 Å². The second-order valence-corrected chi connectivity index (χ2v) is 9.87. The van der Waals surface area contributed by atoms with Crippen molar-refractivity contribution in [2.45, 2.75) is 56.8 Å². The lowest BCUT2D eigenvalue weighted by molar-refractivity contribution is -0.498. The summed E-state index contributed by atoms with van der Waals surface area (Å²) in [4.78, 5) is 18.8. The number of benzene rings is 1. The quantitative estimate of drug-likeness (QED) is 0.346. The fraction of sp³-hybridized carbons (Fsp3) is 0.500. The smallest absolute Gasteiger partial charge is 0.416 e. The van der Waals surface area contributed by atoms with Gasteiger partial charge in [0.25, 0.3) is 0 Å². The molecule has 3 heterocycles. The average Bonchev–Trinajstić information content (AvgIpc) is 3.50. The van der Waals surface area contributed by atoms with E-state index in [0.717, 1.165) is 51.6 Å². The van der Waals surface area contributed by atoms with E-state index in [1.54, 1.807) is 40.7 Å². The Morgan fingerprint density at radius 2 is 2.08 bits per heavy atom. The Kier molecular flexibility index (Phi) is 7.33. The first-order valence-corrected chi connectivity index (χ1v) is 12.7. The number of amidine groups is 1. The number of hydrogen-bond acceptors (Lipinski definition) is 5. The van der Waals surface area contributed by atoms with Crippen LogP contribution in [0.1, 0.15) is 51.2 Å². The van der Waals surface area contributed by atoms with E-state index in [4.69, 9.17) is 15.2 Å². The van der Waals surface area contributed by atoms with E-state index in [1.807, 2.05) is 16.9 Å². The third kappa shape index (κ3) is 5.60. The van der Waals surface area contributed by atoms with Crippen LogP contribution in [0.3, 0.4) is 0 Å². The highest BCUT2D eigenvalue weighted by molar-refractivity contribution is 5.91. The van der Waals surface area contributed by atoms with Crippen LogP contribution < -0.4 is 16.0 Å². The van der Waals surface area contributed by atoms with E-state index in [9.17, 15) is 9.18 Å². The second kappa shape index (κ2) is 10.8. The first-order chi connectivity index (χ1) is 17.5. The molecule has 1 spiro atoms. The number of nitrogens with zero attached hydrogens (tertiary/aromatic N) is 4. The summed E-state index contributed by atoms with van der Waals surface area (Å²) in [6, 6.07) is 8.44. The molecule has 2 saturated heterocycles. The monoisotopic (exact) mass is 497 g/mol. The molecule has 36 heavy (non-hydrogen) atoms. The van der Waals surface area contributed by atoms with Crippen LogP contribution in [0.4, 0.5) is 20.7 Å². The number of carbonyl (C=O) groups is 1. The Labute approximate surface area is 210 Å². The zero-order chi connectivity index (χ0) is 25.0. The molecule has 3 fully saturated rings. The number of aliphatic imine (C=N–C) groups is 1. The lowest BCUT2D eigenvalue weighted by Crippen LogP contribution is -2.71. The molecule has 1 unspecified atom stereocenters. The Morgan fingerprint density at radius 1 is 1.25 bits per heavy atom. The third-order valence-corrected chi connectivity index (χ3v) is 7.29. The number of ether oxygens (including phenoxy) is 2. The van der Waals surface area contributed by atoms with Gasteiger partial charge < -0.3 is 15.2 Å². The molecular weight excluding hydrogens is 463 g/mol. The summed E-state index contributed by atoms with van der Waals surface area (Å²) in [6.45, 7) is 1.88. The van der Waals surface area contributed by atoms with Crippen molar-refractivity contribution in [1.82, 2.24) is 9.78 Å². The number of anilines is 1. The first kappa shape index (κ1) is 24.5. The summed E-state index contributed by atoms with van der Waals surface area (Å²) < 4.78 is 27.2. The van der Waals surface area contributed by atoms with Crippen molar-refractivity contribution in [2.75, 3.05) is 24.6 Å². The highest BCUT2D eigenvalue weighted by atomic mass is 19.1. The molecule has 2 aromatic rings. The van der Waals surface area contributed by atoms with Crippen LogP contribution >= 0.6 is 0 Å². The van der Waals surface area contributed by atoms with Crippen LogP contribution in [-0.4, -0.2) is 47.0 Å². The lowest BCUT2D eigenvalue weighted by Gasteiger charge is -2.34. The van der Waals surface area contributed by atoms with Crippen LogP contribution in [0, 0.1) is 11.7 Å². The van der Waals surface area contributed by atoms with Crippen LogP contribution in [0.2, 0.25) is 0 Å². The minimum Gasteiger partial charge on any atom is -0.441 e. The van der Waals surface area contributed by atoms with Gasteiger partial charge in [-0.25, -0.2) is 13.9 Å². The van der Waals surface area contributed by atoms with Gasteiger partial charge in [0.05, 0.1) is 6.54 Å². The summed E-state index contributed by atoms with van der Waals surface area (Å²) in [5, 5.41) is 6.29. The highest BCUT2D eigenvalue weighted by Gasteiger charge is 2.48. The molecule has 1 aliphatic carbocycles. The van der Waals surface area contributed by atoms with Gasteiger partial charge >= 0.3 is 6.09 Å². The van der Waals surface area contributed by atoms with Crippen molar-refractivity contribution >= 4 is 23.4 Å². The van der Waals surface area contributed by atoms with E-state index in [2.05, 4.69) is 10.1 Å². The molecule has 192 valence electrons. The Bertz CT molecular complexity index is 1120. The van der Waals surface area contributed by atoms with Crippen LogP contribution in [0.5, 0.6) is 0 Å². The maximum atomic E-state index is 13.7. The lowest BCUT2D eigenvalue weighted by atomic mass is 9.79. The summed E-state index contributed by atoms with van der Waals surface area (Å²) in [6.07, 6.45) is 11.4. The number of amides is 1. The maximum absolute atomic E-state index is 13.7. The maximum Gasteiger partial charge on any atom is 0.416 e. The van der Waals surface area contributed by atoms with Gasteiger partial charge in [-0.05, 0) is 56.9 Å². The Hall–Kier alpha value is -3.24. The Balaban J connectivity index is 1.10.